The Hall–Kier alpha value is -0.850. The summed E-state index contributed by atoms with van der Waals surface area (Å²) in [4.78, 5) is 4.22. The molecule has 0 aliphatic carbocycles. The Morgan fingerprint density at radius 3 is 2.31 bits per heavy atom. The van der Waals surface area contributed by atoms with Gasteiger partial charge in [-0.3, -0.25) is 4.99 Å². The summed E-state index contributed by atoms with van der Waals surface area (Å²) in [6.07, 6.45) is 5.16. The minimum absolute atomic E-state index is 0.216. The van der Waals surface area contributed by atoms with Gasteiger partial charge in [-0.2, -0.15) is 0 Å². The van der Waals surface area contributed by atoms with Crippen LogP contribution in [0.3, 0.4) is 0 Å². The molecule has 0 aromatic rings. The molecule has 0 heterocycles. The third-order valence-corrected chi connectivity index (χ3v) is 2.40. The van der Waals surface area contributed by atoms with Gasteiger partial charge in [-0.25, -0.2) is 0 Å². The first-order chi connectivity index (χ1) is 5.94. The molecular formula is C12H21N. The van der Waals surface area contributed by atoms with Crippen LogP contribution in [-0.2, 0) is 0 Å². The molecule has 0 saturated heterocycles. The molecule has 1 heteroatoms. The van der Waals surface area contributed by atoms with Gasteiger partial charge in [0.25, 0.3) is 0 Å². The standard InChI is InChI=1S/C12H21N/c1-7-11(9-13-10(3)4)12(5,6)8-2/h7,9H,3,8H2,1-2,4-6H3/b11-7+,13-9?. The van der Waals surface area contributed by atoms with Crippen molar-refractivity contribution in [3.8, 4) is 0 Å². The molecule has 0 radical (unpaired) electrons. The molecule has 0 spiro atoms. The zero-order valence-corrected chi connectivity index (χ0v) is 9.52. The monoisotopic (exact) mass is 179 g/mol. The van der Waals surface area contributed by atoms with Crippen LogP contribution < -0.4 is 0 Å². The van der Waals surface area contributed by atoms with Crippen molar-refractivity contribution >= 4 is 6.21 Å². The van der Waals surface area contributed by atoms with Gasteiger partial charge in [0, 0.05) is 11.9 Å². The SMILES string of the molecule is C=C(C)N=C/C(=C\C)C(C)(C)CC. The van der Waals surface area contributed by atoms with E-state index in [0.717, 1.165) is 12.1 Å². The van der Waals surface area contributed by atoms with Crippen LogP contribution in [0.2, 0.25) is 0 Å². The summed E-state index contributed by atoms with van der Waals surface area (Å²) in [6.45, 7) is 14.4. The zero-order chi connectivity index (χ0) is 10.5. The third kappa shape index (κ3) is 4.07. The molecule has 0 aromatic carbocycles. The Kier molecular flexibility index (Phi) is 4.68. The number of hydrogen-bond acceptors (Lipinski definition) is 1. The first kappa shape index (κ1) is 12.2. The van der Waals surface area contributed by atoms with E-state index >= 15 is 0 Å². The minimum atomic E-state index is 0.216. The average Bonchev–Trinajstić information content (AvgIpc) is 2.04. The fourth-order valence-electron chi connectivity index (χ4n) is 1.02. The summed E-state index contributed by atoms with van der Waals surface area (Å²) in [5.74, 6) is 0. The van der Waals surface area contributed by atoms with Crippen molar-refractivity contribution in [1.82, 2.24) is 0 Å². The van der Waals surface area contributed by atoms with Gasteiger partial charge in [0.2, 0.25) is 0 Å². The molecule has 0 fully saturated rings. The summed E-state index contributed by atoms with van der Waals surface area (Å²) in [7, 11) is 0. The molecule has 0 bridgehead atoms. The number of allylic oxidation sites excluding steroid dienone is 3. The fraction of sp³-hybridized carbons (Fsp3) is 0.583. The van der Waals surface area contributed by atoms with E-state index in [1.54, 1.807) is 0 Å². The topological polar surface area (TPSA) is 12.4 Å². The summed E-state index contributed by atoms with van der Waals surface area (Å²) < 4.78 is 0. The lowest BCUT2D eigenvalue weighted by Crippen LogP contribution is -2.14. The van der Waals surface area contributed by atoms with Crippen molar-refractivity contribution in [2.45, 2.75) is 41.0 Å². The molecule has 13 heavy (non-hydrogen) atoms. The van der Waals surface area contributed by atoms with E-state index in [1.165, 1.54) is 5.57 Å². The van der Waals surface area contributed by atoms with Gasteiger partial charge in [0.1, 0.15) is 0 Å². The molecule has 0 amide bonds. The smallest absolute Gasteiger partial charge is 0.0304 e. The highest BCUT2D eigenvalue weighted by atomic mass is 14.7. The largest absolute Gasteiger partial charge is 0.262 e. The number of nitrogens with zero attached hydrogens (tertiary/aromatic N) is 1. The molecule has 0 atom stereocenters. The van der Waals surface area contributed by atoms with Crippen LogP contribution in [0.15, 0.2) is 28.9 Å². The predicted octanol–water partition coefficient (Wildman–Crippen LogP) is 3.97. The van der Waals surface area contributed by atoms with E-state index in [-0.39, 0.29) is 5.41 Å². The number of hydrogen-bond donors (Lipinski definition) is 0. The van der Waals surface area contributed by atoms with Crippen molar-refractivity contribution in [2.24, 2.45) is 10.4 Å². The normalized spacial score (nSPS) is 13.8. The number of aliphatic imine (C=N–C) groups is 1. The van der Waals surface area contributed by atoms with Crippen molar-refractivity contribution < 1.29 is 0 Å². The van der Waals surface area contributed by atoms with E-state index < -0.39 is 0 Å². The lowest BCUT2D eigenvalue weighted by atomic mass is 9.82. The molecule has 0 aromatic heterocycles. The van der Waals surface area contributed by atoms with Gasteiger partial charge in [0.05, 0.1) is 0 Å². The second-order valence-electron chi connectivity index (χ2n) is 3.97. The molecule has 1 nitrogen and oxygen atoms in total. The highest BCUT2D eigenvalue weighted by molar-refractivity contribution is 5.80. The Balaban J connectivity index is 4.65. The summed E-state index contributed by atoms with van der Waals surface area (Å²) in [6, 6.07) is 0. The third-order valence-electron chi connectivity index (χ3n) is 2.40. The molecule has 0 N–H and O–H groups in total. The summed E-state index contributed by atoms with van der Waals surface area (Å²) >= 11 is 0. The molecule has 74 valence electrons. The van der Waals surface area contributed by atoms with Crippen molar-refractivity contribution in [1.29, 1.82) is 0 Å². The van der Waals surface area contributed by atoms with Crippen molar-refractivity contribution in [2.75, 3.05) is 0 Å². The van der Waals surface area contributed by atoms with Crippen LogP contribution in [0.4, 0.5) is 0 Å². The van der Waals surface area contributed by atoms with E-state index in [9.17, 15) is 0 Å². The first-order valence-electron chi connectivity index (χ1n) is 4.80. The molecule has 0 aliphatic heterocycles. The van der Waals surface area contributed by atoms with E-state index in [0.29, 0.717) is 0 Å². The maximum absolute atomic E-state index is 4.22. The molecule has 0 unspecified atom stereocenters. The fourth-order valence-corrected chi connectivity index (χ4v) is 1.02. The van der Waals surface area contributed by atoms with E-state index in [2.05, 4.69) is 45.3 Å². The lowest BCUT2D eigenvalue weighted by Gasteiger charge is -2.23. The second kappa shape index (κ2) is 5.00. The summed E-state index contributed by atoms with van der Waals surface area (Å²) in [5.41, 5.74) is 2.34. The highest BCUT2D eigenvalue weighted by Crippen LogP contribution is 2.28. The Morgan fingerprint density at radius 1 is 1.46 bits per heavy atom. The maximum atomic E-state index is 4.22. The molecule has 0 saturated carbocycles. The van der Waals surface area contributed by atoms with Crippen molar-refractivity contribution in [3.63, 3.8) is 0 Å². The molecule has 0 aliphatic rings. The Bertz CT molecular complexity index is 232. The van der Waals surface area contributed by atoms with Crippen LogP contribution in [0, 0.1) is 5.41 Å². The molecule has 0 rings (SSSR count). The lowest BCUT2D eigenvalue weighted by molar-refractivity contribution is 0.447. The quantitative estimate of drug-likeness (QED) is 0.579. The maximum Gasteiger partial charge on any atom is 0.0304 e. The van der Waals surface area contributed by atoms with Crippen LogP contribution in [0.25, 0.3) is 0 Å². The average molecular weight is 179 g/mol. The Morgan fingerprint density at radius 2 is 2.00 bits per heavy atom. The predicted molar refractivity (Wildman–Crippen MR) is 61.1 cm³/mol. The number of rotatable bonds is 4. The van der Waals surface area contributed by atoms with Gasteiger partial charge in [0.15, 0.2) is 0 Å². The van der Waals surface area contributed by atoms with E-state index in [1.807, 2.05) is 13.1 Å². The van der Waals surface area contributed by atoms with Gasteiger partial charge < -0.3 is 0 Å². The van der Waals surface area contributed by atoms with Crippen molar-refractivity contribution in [3.05, 3.63) is 23.9 Å². The van der Waals surface area contributed by atoms with Gasteiger partial charge >= 0.3 is 0 Å². The van der Waals surface area contributed by atoms with Crippen LogP contribution in [-0.4, -0.2) is 6.21 Å². The summed E-state index contributed by atoms with van der Waals surface area (Å²) in [5, 5.41) is 0. The highest BCUT2D eigenvalue weighted by Gasteiger charge is 2.18. The van der Waals surface area contributed by atoms with E-state index in [4.69, 9.17) is 0 Å². The first-order valence-corrected chi connectivity index (χ1v) is 4.80. The Labute approximate surface area is 82.3 Å². The van der Waals surface area contributed by atoms with Crippen LogP contribution >= 0.6 is 0 Å². The molecular weight excluding hydrogens is 158 g/mol. The van der Waals surface area contributed by atoms with Crippen LogP contribution in [0.5, 0.6) is 0 Å². The van der Waals surface area contributed by atoms with Crippen LogP contribution in [0.1, 0.15) is 41.0 Å². The van der Waals surface area contributed by atoms with Gasteiger partial charge in [-0.15, -0.1) is 0 Å². The van der Waals surface area contributed by atoms with Gasteiger partial charge in [-0.1, -0.05) is 33.4 Å². The van der Waals surface area contributed by atoms with Gasteiger partial charge in [-0.05, 0) is 31.3 Å². The minimum Gasteiger partial charge on any atom is -0.262 e. The second-order valence-corrected chi connectivity index (χ2v) is 3.97. The zero-order valence-electron chi connectivity index (χ0n) is 9.52.